The molecule has 3 nitrogen and oxygen atoms in total. The van der Waals surface area contributed by atoms with Gasteiger partial charge in [-0.25, -0.2) is 0 Å². The second-order valence-electron chi connectivity index (χ2n) is 4.48. The van der Waals surface area contributed by atoms with Crippen LogP contribution in [0.1, 0.15) is 32.3 Å². The van der Waals surface area contributed by atoms with Gasteiger partial charge in [-0.2, -0.15) is 0 Å². The summed E-state index contributed by atoms with van der Waals surface area (Å²) in [6.45, 7) is 5.76. The maximum Gasteiger partial charge on any atom is 0.307 e. The van der Waals surface area contributed by atoms with Crippen LogP contribution in [0, 0.1) is 5.92 Å². The highest BCUT2D eigenvalue weighted by molar-refractivity contribution is 7.85. The van der Waals surface area contributed by atoms with Crippen molar-refractivity contribution >= 4 is 16.8 Å². The van der Waals surface area contributed by atoms with Crippen LogP contribution in [-0.2, 0) is 15.6 Å². The average molecular weight is 254 g/mol. The van der Waals surface area contributed by atoms with Crippen molar-refractivity contribution in [1.29, 1.82) is 0 Å². The molecule has 1 aromatic rings. The topological polar surface area (TPSA) is 54.4 Å². The minimum Gasteiger partial charge on any atom is -0.481 e. The van der Waals surface area contributed by atoms with Gasteiger partial charge in [0.2, 0.25) is 0 Å². The van der Waals surface area contributed by atoms with Crippen LogP contribution in [0.2, 0.25) is 0 Å². The summed E-state index contributed by atoms with van der Waals surface area (Å²) in [7, 11) is -1.24. The number of carboxylic acids is 1. The number of hydrogen-bond donors (Lipinski definition) is 1. The van der Waals surface area contributed by atoms with E-state index < -0.39 is 22.7 Å². The highest BCUT2D eigenvalue weighted by Gasteiger charge is 2.15. The molecular formula is C13H18O3S. The summed E-state index contributed by atoms with van der Waals surface area (Å²) in [5, 5.41) is 8.76. The fourth-order valence-corrected chi connectivity index (χ4v) is 2.63. The van der Waals surface area contributed by atoms with Gasteiger partial charge in [-0.1, -0.05) is 32.9 Å². The summed E-state index contributed by atoms with van der Waals surface area (Å²) in [4.78, 5) is 11.4. The van der Waals surface area contributed by atoms with Crippen LogP contribution in [-0.4, -0.2) is 21.0 Å². The van der Waals surface area contributed by atoms with E-state index in [1.165, 1.54) is 5.56 Å². The zero-order valence-electron chi connectivity index (χ0n) is 10.3. The number of benzene rings is 1. The van der Waals surface area contributed by atoms with Gasteiger partial charge in [-0.15, -0.1) is 0 Å². The second-order valence-corrected chi connectivity index (χ2v) is 5.97. The third kappa shape index (κ3) is 3.97. The Morgan fingerprint density at radius 1 is 1.24 bits per heavy atom. The zero-order chi connectivity index (χ0) is 13.0. The standard InChI is InChI=1S/C13H18O3S/c1-9(2)11-4-6-12(7-5-11)17(16)8-10(3)13(14)15/h4-7,9-10H,8H2,1-3H3,(H,14,15). The molecule has 94 valence electrons. The van der Waals surface area contributed by atoms with E-state index in [1.54, 1.807) is 6.92 Å². The van der Waals surface area contributed by atoms with Crippen molar-refractivity contribution in [3.8, 4) is 0 Å². The van der Waals surface area contributed by atoms with E-state index in [1.807, 2.05) is 24.3 Å². The van der Waals surface area contributed by atoms with Gasteiger partial charge in [0.15, 0.2) is 0 Å². The molecule has 0 aliphatic carbocycles. The van der Waals surface area contributed by atoms with Crippen molar-refractivity contribution in [3.63, 3.8) is 0 Å². The summed E-state index contributed by atoms with van der Waals surface area (Å²) in [5.41, 5.74) is 1.19. The van der Waals surface area contributed by atoms with Gasteiger partial charge in [0.1, 0.15) is 0 Å². The molecule has 4 heteroatoms. The lowest BCUT2D eigenvalue weighted by Gasteiger charge is -2.08. The lowest BCUT2D eigenvalue weighted by Crippen LogP contribution is -2.17. The Bertz CT molecular complexity index is 409. The summed E-state index contributed by atoms with van der Waals surface area (Å²) >= 11 is 0. The predicted octanol–water partition coefficient (Wildman–Crippen LogP) is 2.64. The zero-order valence-corrected chi connectivity index (χ0v) is 11.2. The maximum atomic E-state index is 11.9. The molecule has 0 amide bonds. The number of aliphatic carboxylic acids is 1. The normalized spacial score (nSPS) is 14.6. The minimum atomic E-state index is -1.24. The Kier molecular flexibility index (Phi) is 4.87. The molecule has 0 radical (unpaired) electrons. The molecule has 1 aromatic carbocycles. The first kappa shape index (κ1) is 13.9. The first-order valence-electron chi connectivity index (χ1n) is 5.63. The first-order valence-corrected chi connectivity index (χ1v) is 6.95. The van der Waals surface area contributed by atoms with Crippen LogP contribution in [0.5, 0.6) is 0 Å². The second kappa shape index (κ2) is 5.96. The average Bonchev–Trinajstić information content (AvgIpc) is 2.28. The van der Waals surface area contributed by atoms with E-state index in [-0.39, 0.29) is 5.75 Å². The van der Waals surface area contributed by atoms with E-state index >= 15 is 0 Å². The molecule has 17 heavy (non-hydrogen) atoms. The fraction of sp³-hybridized carbons (Fsp3) is 0.462. The molecule has 2 unspecified atom stereocenters. The van der Waals surface area contributed by atoms with E-state index in [0.29, 0.717) is 10.8 Å². The van der Waals surface area contributed by atoms with Crippen molar-refractivity contribution in [2.45, 2.75) is 31.6 Å². The SMILES string of the molecule is CC(CS(=O)c1ccc(C(C)C)cc1)C(=O)O. The molecule has 1 rings (SSSR count). The smallest absolute Gasteiger partial charge is 0.307 e. The molecule has 0 aliphatic heterocycles. The van der Waals surface area contributed by atoms with Gasteiger partial charge < -0.3 is 5.11 Å². The number of carbonyl (C=O) groups is 1. The lowest BCUT2D eigenvalue weighted by molar-refractivity contribution is -0.140. The summed E-state index contributed by atoms with van der Waals surface area (Å²) in [5.74, 6) is -0.885. The Morgan fingerprint density at radius 2 is 1.76 bits per heavy atom. The van der Waals surface area contributed by atoms with Crippen molar-refractivity contribution in [2.75, 3.05) is 5.75 Å². The summed E-state index contributed by atoms with van der Waals surface area (Å²) in [6, 6.07) is 7.53. The van der Waals surface area contributed by atoms with Crippen molar-refractivity contribution in [1.82, 2.24) is 0 Å². The van der Waals surface area contributed by atoms with E-state index in [0.717, 1.165) is 0 Å². The Labute approximate surface area is 104 Å². The van der Waals surface area contributed by atoms with Gasteiger partial charge in [0.05, 0.1) is 16.7 Å². The molecule has 0 aliphatic rings. The van der Waals surface area contributed by atoms with Crippen molar-refractivity contribution in [2.24, 2.45) is 5.92 Å². The Morgan fingerprint density at radius 3 is 2.18 bits per heavy atom. The number of hydrogen-bond acceptors (Lipinski definition) is 2. The van der Waals surface area contributed by atoms with E-state index in [4.69, 9.17) is 5.11 Å². The molecule has 0 fully saturated rings. The minimum absolute atomic E-state index is 0.163. The molecule has 0 aromatic heterocycles. The van der Waals surface area contributed by atoms with Gasteiger partial charge in [-0.05, 0) is 23.6 Å². The molecule has 1 N–H and O–H groups in total. The number of rotatable bonds is 5. The molecular weight excluding hydrogens is 236 g/mol. The Balaban J connectivity index is 2.73. The third-order valence-corrected chi connectivity index (χ3v) is 4.23. The van der Waals surface area contributed by atoms with Gasteiger partial charge in [0.25, 0.3) is 0 Å². The largest absolute Gasteiger partial charge is 0.481 e. The van der Waals surface area contributed by atoms with E-state index in [9.17, 15) is 9.00 Å². The van der Waals surface area contributed by atoms with Gasteiger partial charge >= 0.3 is 5.97 Å². The van der Waals surface area contributed by atoms with Gasteiger partial charge in [0, 0.05) is 10.6 Å². The molecule has 0 saturated heterocycles. The van der Waals surface area contributed by atoms with Gasteiger partial charge in [-0.3, -0.25) is 9.00 Å². The van der Waals surface area contributed by atoms with Crippen LogP contribution in [0.15, 0.2) is 29.2 Å². The number of carboxylic acid groups (broad SMARTS) is 1. The molecule has 0 bridgehead atoms. The first-order chi connectivity index (χ1) is 7.91. The highest BCUT2D eigenvalue weighted by atomic mass is 32.2. The fourth-order valence-electron chi connectivity index (χ4n) is 1.40. The third-order valence-electron chi connectivity index (χ3n) is 2.63. The Hall–Kier alpha value is -1.16. The molecule has 0 spiro atoms. The van der Waals surface area contributed by atoms with Crippen molar-refractivity contribution in [3.05, 3.63) is 29.8 Å². The monoisotopic (exact) mass is 254 g/mol. The predicted molar refractivity (Wildman–Crippen MR) is 68.6 cm³/mol. The maximum absolute atomic E-state index is 11.9. The van der Waals surface area contributed by atoms with Crippen LogP contribution in [0.25, 0.3) is 0 Å². The molecule has 2 atom stereocenters. The van der Waals surface area contributed by atoms with Crippen LogP contribution in [0.3, 0.4) is 0 Å². The summed E-state index contributed by atoms with van der Waals surface area (Å²) in [6.07, 6.45) is 0. The van der Waals surface area contributed by atoms with Crippen molar-refractivity contribution < 1.29 is 14.1 Å². The highest BCUT2D eigenvalue weighted by Crippen LogP contribution is 2.17. The van der Waals surface area contributed by atoms with Crippen LogP contribution >= 0.6 is 0 Å². The molecule has 0 heterocycles. The van der Waals surface area contributed by atoms with Crippen LogP contribution < -0.4 is 0 Å². The summed E-state index contributed by atoms with van der Waals surface area (Å²) < 4.78 is 11.9. The van der Waals surface area contributed by atoms with Crippen LogP contribution in [0.4, 0.5) is 0 Å². The lowest BCUT2D eigenvalue weighted by atomic mass is 10.0. The van der Waals surface area contributed by atoms with E-state index in [2.05, 4.69) is 13.8 Å². The molecule has 0 saturated carbocycles. The quantitative estimate of drug-likeness (QED) is 0.878.